The van der Waals surface area contributed by atoms with Gasteiger partial charge in [0.1, 0.15) is 11.6 Å². The minimum absolute atomic E-state index is 0.308. The normalized spacial score (nSPS) is 10.4. The Bertz CT molecular complexity index is 515. The molecule has 0 bridgehead atoms. The second kappa shape index (κ2) is 3.89. The first-order valence-corrected chi connectivity index (χ1v) is 4.94. The maximum atomic E-state index is 13.0. The van der Waals surface area contributed by atoms with Crippen LogP contribution in [0.1, 0.15) is 11.3 Å². The third-order valence-electron chi connectivity index (χ3n) is 2.51. The Morgan fingerprint density at radius 3 is 2.56 bits per heavy atom. The van der Waals surface area contributed by atoms with Crippen molar-refractivity contribution in [3.63, 3.8) is 0 Å². The summed E-state index contributed by atoms with van der Waals surface area (Å²) >= 11 is 0. The largest absolute Gasteiger partial charge is 0.383 e. The van der Waals surface area contributed by atoms with Crippen molar-refractivity contribution in [2.24, 2.45) is 0 Å². The van der Waals surface area contributed by atoms with E-state index < -0.39 is 0 Å². The standard InChI is InChI=1S/C12H12FN3/c1-7-8(2)15-12(16-11(7)14)9-4-3-5-10(13)6-9/h3-6H,1-2H3,(H2,14,15,16). The van der Waals surface area contributed by atoms with Gasteiger partial charge in [-0.3, -0.25) is 0 Å². The van der Waals surface area contributed by atoms with Gasteiger partial charge in [0.2, 0.25) is 0 Å². The van der Waals surface area contributed by atoms with Crippen molar-refractivity contribution in [1.82, 2.24) is 9.97 Å². The third-order valence-corrected chi connectivity index (χ3v) is 2.51. The molecule has 1 heterocycles. The van der Waals surface area contributed by atoms with Gasteiger partial charge in [-0.05, 0) is 26.0 Å². The molecule has 2 N–H and O–H groups in total. The smallest absolute Gasteiger partial charge is 0.161 e. The fourth-order valence-corrected chi connectivity index (χ4v) is 1.41. The Balaban J connectivity index is 2.57. The summed E-state index contributed by atoms with van der Waals surface area (Å²) in [5.41, 5.74) is 8.06. The summed E-state index contributed by atoms with van der Waals surface area (Å²) in [5.74, 6) is 0.588. The minimum atomic E-state index is -0.308. The number of anilines is 1. The fraction of sp³-hybridized carbons (Fsp3) is 0.167. The van der Waals surface area contributed by atoms with Gasteiger partial charge in [0.25, 0.3) is 0 Å². The molecule has 2 aromatic rings. The number of aromatic nitrogens is 2. The van der Waals surface area contributed by atoms with Crippen LogP contribution < -0.4 is 5.73 Å². The summed E-state index contributed by atoms with van der Waals surface area (Å²) in [7, 11) is 0. The van der Waals surface area contributed by atoms with Gasteiger partial charge >= 0.3 is 0 Å². The molecule has 0 aliphatic heterocycles. The van der Waals surface area contributed by atoms with Crippen LogP contribution in [-0.4, -0.2) is 9.97 Å². The SMILES string of the molecule is Cc1nc(-c2cccc(F)c2)nc(N)c1C. The Kier molecular flexibility index (Phi) is 2.56. The van der Waals surface area contributed by atoms with E-state index in [1.807, 2.05) is 13.8 Å². The molecule has 0 atom stereocenters. The van der Waals surface area contributed by atoms with Gasteiger partial charge in [0.15, 0.2) is 5.82 Å². The van der Waals surface area contributed by atoms with Crippen molar-refractivity contribution in [1.29, 1.82) is 0 Å². The highest BCUT2D eigenvalue weighted by molar-refractivity contribution is 5.58. The van der Waals surface area contributed by atoms with Crippen LogP contribution in [-0.2, 0) is 0 Å². The number of hydrogen-bond acceptors (Lipinski definition) is 3. The number of halogens is 1. The molecule has 4 heteroatoms. The Labute approximate surface area is 93.2 Å². The zero-order valence-electron chi connectivity index (χ0n) is 9.16. The van der Waals surface area contributed by atoms with Crippen molar-refractivity contribution in [2.45, 2.75) is 13.8 Å². The average Bonchev–Trinajstić information content (AvgIpc) is 2.25. The summed E-state index contributed by atoms with van der Waals surface area (Å²) in [6, 6.07) is 6.16. The number of benzene rings is 1. The molecular weight excluding hydrogens is 205 g/mol. The van der Waals surface area contributed by atoms with Crippen molar-refractivity contribution in [3.05, 3.63) is 41.3 Å². The number of aryl methyl sites for hydroxylation is 1. The average molecular weight is 217 g/mol. The molecule has 0 saturated heterocycles. The third kappa shape index (κ3) is 1.86. The van der Waals surface area contributed by atoms with Crippen molar-refractivity contribution >= 4 is 5.82 Å². The van der Waals surface area contributed by atoms with E-state index in [9.17, 15) is 4.39 Å². The molecule has 2 rings (SSSR count). The first-order valence-electron chi connectivity index (χ1n) is 4.94. The zero-order chi connectivity index (χ0) is 11.7. The Hall–Kier alpha value is -1.97. The van der Waals surface area contributed by atoms with E-state index in [2.05, 4.69) is 9.97 Å². The monoisotopic (exact) mass is 217 g/mol. The van der Waals surface area contributed by atoms with E-state index in [-0.39, 0.29) is 5.82 Å². The number of nitrogens with zero attached hydrogens (tertiary/aromatic N) is 2. The summed E-state index contributed by atoms with van der Waals surface area (Å²) in [6.07, 6.45) is 0. The van der Waals surface area contributed by atoms with Gasteiger partial charge < -0.3 is 5.73 Å². The molecule has 0 amide bonds. The highest BCUT2D eigenvalue weighted by Crippen LogP contribution is 2.20. The molecule has 0 saturated carbocycles. The molecule has 3 nitrogen and oxygen atoms in total. The summed E-state index contributed by atoms with van der Waals surface area (Å²) in [6.45, 7) is 3.72. The van der Waals surface area contributed by atoms with E-state index in [0.29, 0.717) is 17.2 Å². The van der Waals surface area contributed by atoms with Crippen LogP contribution in [0, 0.1) is 19.7 Å². The Morgan fingerprint density at radius 1 is 1.19 bits per heavy atom. The maximum Gasteiger partial charge on any atom is 0.161 e. The fourth-order valence-electron chi connectivity index (χ4n) is 1.41. The van der Waals surface area contributed by atoms with Gasteiger partial charge in [0, 0.05) is 16.8 Å². The minimum Gasteiger partial charge on any atom is -0.383 e. The number of rotatable bonds is 1. The van der Waals surface area contributed by atoms with Crippen LogP contribution in [0.2, 0.25) is 0 Å². The lowest BCUT2D eigenvalue weighted by atomic mass is 10.2. The van der Waals surface area contributed by atoms with Crippen LogP contribution in [0.5, 0.6) is 0 Å². The van der Waals surface area contributed by atoms with Crippen LogP contribution in [0.15, 0.2) is 24.3 Å². The molecule has 0 radical (unpaired) electrons. The molecule has 0 fully saturated rings. The summed E-state index contributed by atoms with van der Waals surface area (Å²) < 4.78 is 13.0. The molecule has 16 heavy (non-hydrogen) atoms. The van der Waals surface area contributed by atoms with E-state index >= 15 is 0 Å². The van der Waals surface area contributed by atoms with Gasteiger partial charge in [-0.1, -0.05) is 12.1 Å². The molecule has 0 aliphatic rings. The van der Waals surface area contributed by atoms with Gasteiger partial charge in [-0.15, -0.1) is 0 Å². The van der Waals surface area contributed by atoms with Crippen molar-refractivity contribution in [2.75, 3.05) is 5.73 Å². The molecule has 1 aromatic carbocycles. The topological polar surface area (TPSA) is 51.8 Å². The lowest BCUT2D eigenvalue weighted by Gasteiger charge is -2.06. The highest BCUT2D eigenvalue weighted by Gasteiger charge is 2.07. The lowest BCUT2D eigenvalue weighted by Crippen LogP contribution is -2.02. The number of hydrogen-bond donors (Lipinski definition) is 1. The highest BCUT2D eigenvalue weighted by atomic mass is 19.1. The number of nitrogens with two attached hydrogens (primary N) is 1. The molecule has 82 valence electrons. The maximum absolute atomic E-state index is 13.0. The zero-order valence-corrected chi connectivity index (χ0v) is 9.16. The molecule has 0 spiro atoms. The van der Waals surface area contributed by atoms with Crippen LogP contribution in [0.25, 0.3) is 11.4 Å². The quantitative estimate of drug-likeness (QED) is 0.798. The number of nitrogen functional groups attached to an aromatic ring is 1. The van der Waals surface area contributed by atoms with Crippen molar-refractivity contribution in [3.8, 4) is 11.4 Å². The second-order valence-electron chi connectivity index (χ2n) is 3.65. The van der Waals surface area contributed by atoms with Gasteiger partial charge in [-0.2, -0.15) is 0 Å². The predicted octanol–water partition coefficient (Wildman–Crippen LogP) is 2.48. The van der Waals surface area contributed by atoms with Crippen LogP contribution >= 0.6 is 0 Å². The first-order chi connectivity index (χ1) is 7.58. The van der Waals surface area contributed by atoms with E-state index in [4.69, 9.17) is 5.73 Å². The van der Waals surface area contributed by atoms with Crippen LogP contribution in [0.3, 0.4) is 0 Å². The summed E-state index contributed by atoms with van der Waals surface area (Å²) in [5, 5.41) is 0. The van der Waals surface area contributed by atoms with E-state index in [0.717, 1.165) is 11.3 Å². The Morgan fingerprint density at radius 2 is 1.94 bits per heavy atom. The molecular formula is C12H12FN3. The van der Waals surface area contributed by atoms with Gasteiger partial charge in [-0.25, -0.2) is 14.4 Å². The van der Waals surface area contributed by atoms with E-state index in [1.54, 1.807) is 12.1 Å². The van der Waals surface area contributed by atoms with Gasteiger partial charge in [0.05, 0.1) is 0 Å². The lowest BCUT2D eigenvalue weighted by molar-refractivity contribution is 0.628. The molecule has 1 aromatic heterocycles. The first kappa shape index (κ1) is 10.5. The predicted molar refractivity (Wildman–Crippen MR) is 61.3 cm³/mol. The molecule has 0 unspecified atom stereocenters. The summed E-state index contributed by atoms with van der Waals surface area (Å²) in [4.78, 5) is 8.43. The van der Waals surface area contributed by atoms with E-state index in [1.165, 1.54) is 12.1 Å². The van der Waals surface area contributed by atoms with Crippen LogP contribution in [0.4, 0.5) is 10.2 Å². The second-order valence-corrected chi connectivity index (χ2v) is 3.65. The molecule has 0 aliphatic carbocycles. The van der Waals surface area contributed by atoms with Crippen molar-refractivity contribution < 1.29 is 4.39 Å².